The van der Waals surface area contributed by atoms with Crippen molar-refractivity contribution in [3.63, 3.8) is 0 Å². The van der Waals surface area contributed by atoms with E-state index in [1.807, 2.05) is 0 Å². The quantitative estimate of drug-likeness (QED) is 0.574. The van der Waals surface area contributed by atoms with Crippen LogP contribution in [-0.4, -0.2) is 8.07 Å². The Morgan fingerprint density at radius 3 is 1.37 bits per heavy atom. The molecule has 1 aliphatic heterocycles. The first-order valence-electron chi connectivity index (χ1n) is 6.99. The second kappa shape index (κ2) is 4.82. The molecule has 0 saturated carbocycles. The van der Waals surface area contributed by atoms with Crippen molar-refractivity contribution in [1.29, 1.82) is 0 Å². The zero-order chi connectivity index (χ0) is 13.3. The van der Waals surface area contributed by atoms with Gasteiger partial charge in [-0.15, -0.1) is 0 Å². The van der Waals surface area contributed by atoms with Crippen molar-refractivity contribution in [2.24, 2.45) is 0 Å². The second-order valence-corrected chi connectivity index (χ2v) is 9.75. The lowest BCUT2D eigenvalue weighted by Gasteiger charge is -2.29. The minimum Gasteiger partial charge on any atom is -0.0767 e. The molecule has 0 radical (unpaired) electrons. The van der Waals surface area contributed by atoms with E-state index in [9.17, 15) is 0 Å². The molecule has 3 rings (SSSR count). The van der Waals surface area contributed by atoms with Gasteiger partial charge < -0.3 is 0 Å². The summed E-state index contributed by atoms with van der Waals surface area (Å²) in [5, 5.41) is 3.16. The van der Waals surface area contributed by atoms with E-state index in [0.717, 1.165) is 0 Å². The third-order valence-corrected chi connectivity index (χ3v) is 9.66. The zero-order valence-corrected chi connectivity index (χ0v) is 12.7. The summed E-state index contributed by atoms with van der Waals surface area (Å²) in [5.74, 6) is 0. The molecule has 0 spiro atoms. The summed E-state index contributed by atoms with van der Waals surface area (Å²) in [5.41, 5.74) is 3.22. The summed E-state index contributed by atoms with van der Waals surface area (Å²) in [6.45, 7) is 4.63. The molecule has 19 heavy (non-hydrogen) atoms. The molecule has 0 unspecified atom stereocenters. The van der Waals surface area contributed by atoms with Crippen molar-refractivity contribution >= 4 is 18.4 Å². The van der Waals surface area contributed by atoms with Crippen molar-refractivity contribution in [2.75, 3.05) is 0 Å². The average Bonchev–Trinajstić information content (AvgIpc) is 2.78. The van der Waals surface area contributed by atoms with Crippen LogP contribution in [0.3, 0.4) is 0 Å². The van der Waals surface area contributed by atoms with Gasteiger partial charge in [-0.25, -0.2) is 0 Å². The molecular weight excluding hydrogens is 244 g/mol. The molecule has 0 aromatic heterocycles. The molecule has 96 valence electrons. The van der Waals surface area contributed by atoms with Crippen LogP contribution in [0, 0.1) is 0 Å². The fourth-order valence-corrected chi connectivity index (χ4v) is 8.71. The van der Waals surface area contributed by atoms with Gasteiger partial charge in [0.1, 0.15) is 8.07 Å². The monoisotopic (exact) mass is 264 g/mol. The van der Waals surface area contributed by atoms with E-state index in [1.165, 1.54) is 12.1 Å². The molecule has 0 atom stereocenters. The first-order valence-corrected chi connectivity index (χ1v) is 9.40. The van der Waals surface area contributed by atoms with Gasteiger partial charge in [-0.3, -0.25) is 0 Å². The van der Waals surface area contributed by atoms with Crippen molar-refractivity contribution in [1.82, 2.24) is 0 Å². The van der Waals surface area contributed by atoms with Crippen molar-refractivity contribution in [3.05, 3.63) is 71.8 Å². The maximum absolute atomic E-state index is 2.34. The van der Waals surface area contributed by atoms with Crippen LogP contribution in [0.25, 0.3) is 0 Å². The van der Waals surface area contributed by atoms with Gasteiger partial charge >= 0.3 is 0 Å². The van der Waals surface area contributed by atoms with Crippen molar-refractivity contribution in [3.8, 4) is 0 Å². The normalized spacial score (nSPS) is 17.8. The van der Waals surface area contributed by atoms with Gasteiger partial charge in [0.05, 0.1) is 0 Å². The SMILES string of the molecule is CC1=C(C)C[Si](c2ccccc2)(c2ccccc2)C1. The van der Waals surface area contributed by atoms with Crippen LogP contribution in [0.2, 0.25) is 12.1 Å². The van der Waals surface area contributed by atoms with Gasteiger partial charge in [0.25, 0.3) is 0 Å². The predicted octanol–water partition coefficient (Wildman–Crippen LogP) is 3.60. The minimum absolute atomic E-state index is 1.28. The van der Waals surface area contributed by atoms with E-state index in [-0.39, 0.29) is 0 Å². The Labute approximate surface area is 116 Å². The highest BCUT2D eigenvalue weighted by atomic mass is 28.3. The summed E-state index contributed by atoms with van der Waals surface area (Å²) in [4.78, 5) is 0. The maximum atomic E-state index is 2.34. The molecular formula is C18H20Si. The smallest absolute Gasteiger partial charge is 0.0767 e. The molecule has 0 N–H and O–H groups in total. The van der Waals surface area contributed by atoms with Gasteiger partial charge in [0.2, 0.25) is 0 Å². The topological polar surface area (TPSA) is 0 Å². The molecule has 2 aromatic carbocycles. The summed E-state index contributed by atoms with van der Waals surface area (Å²) < 4.78 is 0. The lowest BCUT2D eigenvalue weighted by Crippen LogP contribution is -2.56. The molecule has 0 nitrogen and oxygen atoms in total. The Morgan fingerprint density at radius 2 is 1.00 bits per heavy atom. The Kier molecular flexibility index (Phi) is 3.15. The van der Waals surface area contributed by atoms with Gasteiger partial charge in [-0.05, 0) is 25.9 Å². The Morgan fingerprint density at radius 1 is 0.632 bits per heavy atom. The molecule has 1 aliphatic rings. The summed E-state index contributed by atoms with van der Waals surface area (Å²) in [6, 6.07) is 24.9. The highest BCUT2D eigenvalue weighted by molar-refractivity contribution is 7.03. The van der Waals surface area contributed by atoms with Gasteiger partial charge in [-0.2, -0.15) is 0 Å². The largest absolute Gasteiger partial charge is 0.125 e. The Bertz CT molecular complexity index is 541. The third kappa shape index (κ3) is 2.08. The number of allylic oxidation sites excluding steroid dienone is 2. The fourth-order valence-electron chi connectivity index (χ4n) is 3.36. The minimum atomic E-state index is -1.58. The van der Waals surface area contributed by atoms with Crippen LogP contribution in [0.1, 0.15) is 13.8 Å². The number of rotatable bonds is 2. The fraction of sp³-hybridized carbons (Fsp3) is 0.222. The van der Waals surface area contributed by atoms with Crippen LogP contribution >= 0.6 is 0 Å². The van der Waals surface area contributed by atoms with Crippen LogP contribution in [0.4, 0.5) is 0 Å². The highest BCUT2D eigenvalue weighted by Gasteiger charge is 2.41. The van der Waals surface area contributed by atoms with Crippen LogP contribution in [0.15, 0.2) is 71.8 Å². The van der Waals surface area contributed by atoms with Crippen LogP contribution in [-0.2, 0) is 0 Å². The van der Waals surface area contributed by atoms with E-state index in [0.29, 0.717) is 0 Å². The number of benzene rings is 2. The number of hydrogen-bond acceptors (Lipinski definition) is 0. The first kappa shape index (κ1) is 12.4. The lowest BCUT2D eigenvalue weighted by atomic mass is 10.2. The molecule has 0 aliphatic carbocycles. The molecule has 0 amide bonds. The van der Waals surface area contributed by atoms with Crippen molar-refractivity contribution < 1.29 is 0 Å². The maximum Gasteiger partial charge on any atom is 0.125 e. The molecule has 0 saturated heterocycles. The van der Waals surface area contributed by atoms with Crippen LogP contribution < -0.4 is 10.4 Å². The molecule has 2 aromatic rings. The first-order chi connectivity index (χ1) is 9.22. The lowest BCUT2D eigenvalue weighted by molar-refractivity contribution is 1.28. The van der Waals surface area contributed by atoms with E-state index >= 15 is 0 Å². The summed E-state index contributed by atoms with van der Waals surface area (Å²) in [7, 11) is -1.58. The summed E-state index contributed by atoms with van der Waals surface area (Å²) >= 11 is 0. The van der Waals surface area contributed by atoms with Gasteiger partial charge in [0, 0.05) is 0 Å². The predicted molar refractivity (Wildman–Crippen MR) is 85.9 cm³/mol. The number of hydrogen-bond donors (Lipinski definition) is 0. The van der Waals surface area contributed by atoms with Gasteiger partial charge in [0.15, 0.2) is 0 Å². The van der Waals surface area contributed by atoms with E-state index < -0.39 is 8.07 Å². The Hall–Kier alpha value is -1.60. The summed E-state index contributed by atoms with van der Waals surface area (Å²) in [6.07, 6.45) is 0. The molecule has 1 heteroatoms. The average molecular weight is 264 g/mol. The molecule has 0 bridgehead atoms. The van der Waals surface area contributed by atoms with Gasteiger partial charge in [-0.1, -0.05) is 82.2 Å². The van der Waals surface area contributed by atoms with E-state index in [2.05, 4.69) is 74.5 Å². The molecule has 1 heterocycles. The Balaban J connectivity index is 2.14. The molecule has 0 fully saturated rings. The van der Waals surface area contributed by atoms with Crippen LogP contribution in [0.5, 0.6) is 0 Å². The van der Waals surface area contributed by atoms with E-state index in [4.69, 9.17) is 0 Å². The third-order valence-electron chi connectivity index (χ3n) is 4.52. The zero-order valence-electron chi connectivity index (χ0n) is 11.7. The highest BCUT2D eigenvalue weighted by Crippen LogP contribution is 2.34. The van der Waals surface area contributed by atoms with Crippen molar-refractivity contribution in [2.45, 2.75) is 25.9 Å². The van der Waals surface area contributed by atoms with E-state index in [1.54, 1.807) is 21.5 Å². The standard InChI is InChI=1S/C18H20Si/c1-15-13-19(14-16(15)2,17-9-5-3-6-10-17)18-11-7-4-8-12-18/h3-12H,13-14H2,1-2H3. The second-order valence-electron chi connectivity index (χ2n) is 5.73.